The largest absolute Gasteiger partial charge is 0.606 e. The van der Waals surface area contributed by atoms with Crippen molar-refractivity contribution in [1.29, 1.82) is 0 Å². The molecule has 0 bridgehead atoms. The Morgan fingerprint density at radius 3 is 2.49 bits per heavy atom. The van der Waals surface area contributed by atoms with Gasteiger partial charge in [-0.3, -0.25) is 4.79 Å². The van der Waals surface area contributed by atoms with Gasteiger partial charge in [-0.25, -0.2) is 9.36 Å². The van der Waals surface area contributed by atoms with Crippen molar-refractivity contribution in [2.45, 2.75) is 10.8 Å². The second-order valence-corrected chi connectivity index (χ2v) is 10.4. The van der Waals surface area contributed by atoms with Crippen molar-refractivity contribution in [3.8, 4) is 0 Å². The predicted molar refractivity (Wildman–Crippen MR) is 128 cm³/mol. The first-order valence-electron chi connectivity index (χ1n) is 10.3. The molecular formula is C24H18N2O7S2. The highest BCUT2D eigenvalue weighted by molar-refractivity contribution is 8.01. The molecule has 178 valence electrons. The minimum atomic E-state index is -4.28. The van der Waals surface area contributed by atoms with Crippen LogP contribution in [0.25, 0.3) is 17.5 Å². The first kappa shape index (κ1) is 22.8. The van der Waals surface area contributed by atoms with E-state index in [9.17, 15) is 18.4 Å². The zero-order chi connectivity index (χ0) is 24.7. The van der Waals surface area contributed by atoms with Crippen molar-refractivity contribution in [2.75, 3.05) is 7.11 Å². The molecule has 0 fully saturated rings. The molecule has 9 nitrogen and oxygen atoms in total. The molecule has 1 aliphatic heterocycles. The van der Waals surface area contributed by atoms with Crippen molar-refractivity contribution < 1.29 is 27.1 Å². The number of ether oxygens (including phenoxy) is 1. The number of aromatic nitrogens is 1. The van der Waals surface area contributed by atoms with Crippen molar-refractivity contribution in [3.63, 3.8) is 0 Å². The number of benzene rings is 1. The molecule has 11 heteroatoms. The van der Waals surface area contributed by atoms with Crippen LogP contribution in [0.2, 0.25) is 0 Å². The third-order valence-corrected chi connectivity index (χ3v) is 8.52. The van der Waals surface area contributed by atoms with Crippen LogP contribution in [-0.4, -0.2) is 22.2 Å². The van der Waals surface area contributed by atoms with Gasteiger partial charge in [-0.1, -0.05) is 22.4 Å². The normalized spacial score (nSPS) is 17.8. The van der Waals surface area contributed by atoms with Crippen molar-refractivity contribution in [3.05, 3.63) is 103 Å². The number of hydrogen-bond acceptors (Lipinski definition) is 9. The van der Waals surface area contributed by atoms with Gasteiger partial charge in [-0.2, -0.15) is 0 Å². The number of fused-ring (bicyclic) bond motifs is 1. The Bertz CT molecular complexity index is 1660. The highest BCUT2D eigenvalue weighted by atomic mass is 32.3. The standard InChI is InChI=1S/C24H18N2O7S2/c1-31-24(28)19-18(16-10-6-12-33-16)20(35(29,30)15-8-3-2-4-9-15)21(25)26-22(27)17(34-23(19)26)13-14-7-5-11-32-14/h2-13,18H,1H3,(H2-,25,29,30)/b17-13+. The molecule has 2 atom stereocenters. The minimum absolute atomic E-state index is 0.0483. The maximum atomic E-state index is 13.9. The number of thiazole rings is 1. The topological polar surface area (TPSA) is 141 Å². The summed E-state index contributed by atoms with van der Waals surface area (Å²) in [7, 11) is -3.10. The second-order valence-electron chi connectivity index (χ2n) is 7.49. The Labute approximate surface area is 203 Å². The van der Waals surface area contributed by atoms with Gasteiger partial charge in [0.25, 0.3) is 5.56 Å². The van der Waals surface area contributed by atoms with E-state index in [4.69, 9.17) is 19.3 Å². The summed E-state index contributed by atoms with van der Waals surface area (Å²) in [6, 6.07) is 14.1. The van der Waals surface area contributed by atoms with Crippen LogP contribution >= 0.6 is 11.3 Å². The Hall–Kier alpha value is -3.93. The van der Waals surface area contributed by atoms with E-state index in [1.54, 1.807) is 42.5 Å². The van der Waals surface area contributed by atoms with E-state index in [2.05, 4.69) is 0 Å². The summed E-state index contributed by atoms with van der Waals surface area (Å²) in [5, 5.41) is 0. The summed E-state index contributed by atoms with van der Waals surface area (Å²) in [6.07, 6.45) is 4.31. The molecule has 0 saturated heterocycles. The van der Waals surface area contributed by atoms with Crippen molar-refractivity contribution in [2.24, 2.45) is 5.73 Å². The number of carbonyl (C=O) groups excluding carboxylic acids is 1. The smallest absolute Gasteiger partial charge is 0.338 e. The molecule has 2 unspecified atom stereocenters. The van der Waals surface area contributed by atoms with Gasteiger partial charge in [0.1, 0.15) is 32.3 Å². The Balaban J connectivity index is 1.92. The molecule has 0 saturated carbocycles. The average Bonchev–Trinajstić information content (AvgIpc) is 3.62. The molecule has 3 aromatic heterocycles. The summed E-state index contributed by atoms with van der Waals surface area (Å²) in [6.45, 7) is 0. The lowest BCUT2D eigenvalue weighted by atomic mass is 9.94. The number of nitrogens with zero attached hydrogens (tertiary/aromatic N) is 1. The van der Waals surface area contributed by atoms with Gasteiger partial charge in [-0.15, -0.1) is 11.3 Å². The Kier molecular flexibility index (Phi) is 5.67. The van der Waals surface area contributed by atoms with Crippen LogP contribution in [0.4, 0.5) is 0 Å². The summed E-state index contributed by atoms with van der Waals surface area (Å²) in [4.78, 5) is 26.1. The van der Waals surface area contributed by atoms with Crippen LogP contribution in [0.5, 0.6) is 0 Å². The summed E-state index contributed by atoms with van der Waals surface area (Å²) in [5.41, 5.74) is 5.75. The predicted octanol–water partition coefficient (Wildman–Crippen LogP) is 1.82. The number of hydrogen-bond donors (Lipinski definition) is 1. The van der Waals surface area contributed by atoms with Gasteiger partial charge in [-0.05, 0) is 36.4 Å². The molecule has 4 heterocycles. The van der Waals surface area contributed by atoms with E-state index in [0.717, 1.165) is 15.9 Å². The molecule has 1 aromatic carbocycles. The molecule has 5 rings (SSSR count). The Morgan fingerprint density at radius 1 is 1.14 bits per heavy atom. The van der Waals surface area contributed by atoms with Crippen molar-refractivity contribution in [1.82, 2.24) is 4.57 Å². The Morgan fingerprint density at radius 2 is 1.86 bits per heavy atom. The zero-order valence-corrected chi connectivity index (χ0v) is 19.8. The van der Waals surface area contributed by atoms with Gasteiger partial charge in [0, 0.05) is 6.08 Å². The van der Waals surface area contributed by atoms with Crippen LogP contribution in [0.3, 0.4) is 0 Å². The van der Waals surface area contributed by atoms with E-state index in [1.807, 2.05) is 0 Å². The number of carbonyl (C=O) groups is 1. The lowest BCUT2D eigenvalue weighted by molar-refractivity contribution is -0.134. The molecule has 0 aliphatic carbocycles. The van der Waals surface area contributed by atoms with E-state index >= 15 is 0 Å². The first-order chi connectivity index (χ1) is 16.8. The van der Waals surface area contributed by atoms with E-state index in [1.165, 1.54) is 37.8 Å². The number of nitrogens with two attached hydrogens (primary N) is 1. The SMILES string of the molecule is COC(=O)C1=c2s/c(=C/c3ccco3)c(=O)n2C(N)=C([S+](=O)([O-])c2ccccc2)C1c1ccco1. The number of rotatable bonds is 5. The average molecular weight is 511 g/mol. The zero-order valence-electron chi connectivity index (χ0n) is 18.2. The fourth-order valence-corrected chi connectivity index (χ4v) is 6.78. The van der Waals surface area contributed by atoms with Crippen LogP contribution < -0.4 is 20.5 Å². The van der Waals surface area contributed by atoms with Crippen LogP contribution in [-0.2, 0) is 24.0 Å². The minimum Gasteiger partial charge on any atom is -0.606 e. The van der Waals surface area contributed by atoms with E-state index in [0.29, 0.717) is 5.76 Å². The fraction of sp³-hybridized carbons (Fsp3) is 0.0833. The number of methoxy groups -OCH3 is 1. The summed E-state index contributed by atoms with van der Waals surface area (Å²) >= 11 is 0.972. The molecule has 4 aromatic rings. The highest BCUT2D eigenvalue weighted by Crippen LogP contribution is 2.44. The van der Waals surface area contributed by atoms with E-state index in [-0.39, 0.29) is 36.2 Å². The number of sulfone groups is 1. The lowest BCUT2D eigenvalue weighted by Crippen LogP contribution is -2.42. The van der Waals surface area contributed by atoms with Gasteiger partial charge in [0.05, 0.1) is 29.7 Å². The van der Waals surface area contributed by atoms with E-state index < -0.39 is 27.7 Å². The monoisotopic (exact) mass is 510 g/mol. The molecular weight excluding hydrogens is 492 g/mol. The van der Waals surface area contributed by atoms with Gasteiger partial charge < -0.3 is 23.9 Å². The van der Waals surface area contributed by atoms with Gasteiger partial charge >= 0.3 is 5.97 Å². The summed E-state index contributed by atoms with van der Waals surface area (Å²) < 4.78 is 45.0. The fourth-order valence-electron chi connectivity index (χ4n) is 3.96. The third-order valence-electron chi connectivity index (χ3n) is 5.49. The number of esters is 1. The van der Waals surface area contributed by atoms with Crippen molar-refractivity contribution >= 4 is 45.0 Å². The maximum absolute atomic E-state index is 13.9. The number of allylic oxidation sites excluding steroid dienone is 1. The molecule has 0 spiro atoms. The number of furan rings is 2. The third kappa shape index (κ3) is 3.70. The quantitative estimate of drug-likeness (QED) is 0.317. The lowest BCUT2D eigenvalue weighted by Gasteiger charge is -2.28. The second kappa shape index (κ2) is 8.69. The molecule has 0 amide bonds. The first-order valence-corrected chi connectivity index (χ1v) is 12.6. The summed E-state index contributed by atoms with van der Waals surface area (Å²) in [5.74, 6) is -1.82. The highest BCUT2D eigenvalue weighted by Gasteiger charge is 2.47. The molecule has 1 aliphatic rings. The molecule has 2 N–H and O–H groups in total. The molecule has 35 heavy (non-hydrogen) atoms. The van der Waals surface area contributed by atoms with Crippen LogP contribution in [0, 0.1) is 0 Å². The van der Waals surface area contributed by atoms with Crippen LogP contribution in [0.1, 0.15) is 17.4 Å². The van der Waals surface area contributed by atoms with Gasteiger partial charge in [0.15, 0.2) is 15.6 Å². The van der Waals surface area contributed by atoms with Crippen LogP contribution in [0.15, 0.2) is 90.6 Å². The molecule has 0 radical (unpaired) electrons. The maximum Gasteiger partial charge on any atom is 0.338 e. The van der Waals surface area contributed by atoms with Gasteiger partial charge in [0.2, 0.25) is 0 Å².